The molecule has 202 valence electrons. The summed E-state index contributed by atoms with van der Waals surface area (Å²) in [6.07, 6.45) is 1.67. The van der Waals surface area contributed by atoms with Crippen molar-refractivity contribution in [1.82, 2.24) is 4.90 Å². The van der Waals surface area contributed by atoms with Crippen LogP contribution in [0.3, 0.4) is 0 Å². The summed E-state index contributed by atoms with van der Waals surface area (Å²) in [7, 11) is 0. The van der Waals surface area contributed by atoms with Gasteiger partial charge < -0.3 is 14.8 Å². The summed E-state index contributed by atoms with van der Waals surface area (Å²) in [6, 6.07) is 20.4. The number of thioether (sulfide) groups is 1. The third kappa shape index (κ3) is 7.52. The monoisotopic (exact) mass is 608 g/mol. The number of anilines is 1. The van der Waals surface area contributed by atoms with Gasteiger partial charge in [-0.05, 0) is 93.6 Å². The number of aryl methyl sites for hydroxylation is 1. The quantitative estimate of drug-likeness (QED) is 0.249. The minimum absolute atomic E-state index is 0.158. The van der Waals surface area contributed by atoms with Crippen LogP contribution in [0, 0.1) is 6.92 Å². The van der Waals surface area contributed by atoms with Crippen molar-refractivity contribution in [1.29, 1.82) is 0 Å². The fourth-order valence-electron chi connectivity index (χ4n) is 3.92. The van der Waals surface area contributed by atoms with E-state index >= 15 is 0 Å². The lowest BCUT2D eigenvalue weighted by atomic mass is 10.0. The summed E-state index contributed by atoms with van der Waals surface area (Å²) in [5, 5.41) is 2.44. The smallest absolute Gasteiger partial charge is 0.293 e. The van der Waals surface area contributed by atoms with Crippen LogP contribution in [0.5, 0.6) is 11.5 Å². The lowest BCUT2D eigenvalue weighted by Crippen LogP contribution is -2.32. The van der Waals surface area contributed by atoms with E-state index in [0.717, 1.165) is 28.6 Å². The number of hydrogen-bond acceptors (Lipinski definition) is 6. The lowest BCUT2D eigenvalue weighted by molar-refractivity contribution is -0.123. The van der Waals surface area contributed by atoms with Gasteiger partial charge in [0, 0.05) is 5.69 Å². The number of hydrogen-bond donors (Lipinski definition) is 1. The molecule has 1 saturated heterocycles. The Hall–Kier alpha value is -3.56. The largest absolute Gasteiger partial charge is 0.491 e. The van der Waals surface area contributed by atoms with Crippen molar-refractivity contribution < 1.29 is 23.9 Å². The van der Waals surface area contributed by atoms with Crippen LogP contribution < -0.4 is 14.8 Å². The molecule has 1 N–H and O–H groups in total. The van der Waals surface area contributed by atoms with Gasteiger partial charge in [0.2, 0.25) is 0 Å². The maximum Gasteiger partial charge on any atom is 0.293 e. The molecule has 0 atom stereocenters. The van der Waals surface area contributed by atoms with E-state index in [2.05, 4.69) is 35.1 Å². The van der Waals surface area contributed by atoms with Gasteiger partial charge in [-0.2, -0.15) is 0 Å². The Morgan fingerprint density at radius 2 is 1.79 bits per heavy atom. The second-order valence-electron chi connectivity index (χ2n) is 9.27. The van der Waals surface area contributed by atoms with Crippen molar-refractivity contribution in [2.45, 2.75) is 26.7 Å². The number of nitrogens with zero attached hydrogens (tertiary/aromatic N) is 1. The molecule has 1 heterocycles. The lowest BCUT2D eigenvalue weighted by Gasteiger charge is -2.17. The van der Waals surface area contributed by atoms with Crippen LogP contribution >= 0.6 is 27.7 Å². The van der Waals surface area contributed by atoms with Gasteiger partial charge in [0.25, 0.3) is 17.1 Å². The molecule has 1 aliphatic rings. The fraction of sp³-hybridized carbons (Fsp3) is 0.233. The van der Waals surface area contributed by atoms with E-state index in [0.29, 0.717) is 32.3 Å². The molecule has 3 aromatic rings. The first-order chi connectivity index (χ1) is 18.7. The van der Waals surface area contributed by atoms with E-state index in [1.54, 1.807) is 36.4 Å². The number of rotatable bonds is 10. The number of benzene rings is 3. The Morgan fingerprint density at radius 1 is 1.03 bits per heavy atom. The maximum atomic E-state index is 13.0. The highest BCUT2D eigenvalue weighted by Crippen LogP contribution is 2.34. The number of ether oxygens (including phenoxy) is 2. The molecule has 0 aliphatic carbocycles. The third-order valence-electron chi connectivity index (χ3n) is 5.91. The van der Waals surface area contributed by atoms with Gasteiger partial charge in [-0.1, -0.05) is 50.2 Å². The van der Waals surface area contributed by atoms with Gasteiger partial charge in [0.15, 0.2) is 6.61 Å². The third-order valence-corrected chi connectivity index (χ3v) is 7.43. The standard InChI is InChI=1S/C30H29BrN2O5S/c1-19(2)23-11-9-20(3)15-26(23)37-14-13-33-29(35)27(39-30(33)36)17-21-10-12-25(24(31)16-21)38-18-28(34)32-22-7-5-4-6-8-22/h4-12,15-17,19H,13-14,18H2,1-3H3,(H,32,34)/b27-17-. The Morgan fingerprint density at radius 3 is 2.51 bits per heavy atom. The zero-order chi connectivity index (χ0) is 27.9. The average molecular weight is 610 g/mol. The van der Waals surface area contributed by atoms with Crippen LogP contribution in [-0.4, -0.2) is 41.7 Å². The molecule has 3 amide bonds. The number of amides is 3. The van der Waals surface area contributed by atoms with Crippen LogP contribution in [-0.2, 0) is 9.59 Å². The Kier molecular flexibility index (Phi) is 9.48. The van der Waals surface area contributed by atoms with Gasteiger partial charge in [0.1, 0.15) is 18.1 Å². The normalized spacial score (nSPS) is 14.3. The SMILES string of the molecule is Cc1ccc(C(C)C)c(OCCN2C(=O)S/C(=C\c3ccc(OCC(=O)Nc4ccccc4)c(Br)c3)C2=O)c1. The molecule has 0 aromatic heterocycles. The number of para-hydroxylation sites is 1. The van der Waals surface area contributed by atoms with E-state index in [9.17, 15) is 14.4 Å². The minimum Gasteiger partial charge on any atom is -0.491 e. The molecule has 0 radical (unpaired) electrons. The topological polar surface area (TPSA) is 84.9 Å². The first-order valence-corrected chi connectivity index (χ1v) is 14.1. The van der Waals surface area contributed by atoms with E-state index in [4.69, 9.17) is 9.47 Å². The van der Waals surface area contributed by atoms with Crippen LogP contribution in [0.2, 0.25) is 0 Å². The molecule has 1 aliphatic heterocycles. The summed E-state index contributed by atoms with van der Waals surface area (Å²) in [5.74, 6) is 0.923. The van der Waals surface area contributed by atoms with Crippen molar-refractivity contribution in [3.8, 4) is 11.5 Å². The average Bonchev–Trinajstić information content (AvgIpc) is 3.16. The second-order valence-corrected chi connectivity index (χ2v) is 11.1. The molecule has 0 unspecified atom stereocenters. The van der Waals surface area contributed by atoms with Crippen LogP contribution in [0.25, 0.3) is 6.08 Å². The summed E-state index contributed by atoms with van der Waals surface area (Å²) >= 11 is 4.36. The van der Waals surface area contributed by atoms with Crippen LogP contribution in [0.4, 0.5) is 10.5 Å². The summed E-state index contributed by atoms with van der Waals surface area (Å²) in [6.45, 7) is 6.41. The molecule has 7 nitrogen and oxygen atoms in total. The van der Waals surface area contributed by atoms with Crippen molar-refractivity contribution >= 4 is 56.5 Å². The highest BCUT2D eigenvalue weighted by atomic mass is 79.9. The Balaban J connectivity index is 1.34. The first kappa shape index (κ1) is 28.4. The zero-order valence-electron chi connectivity index (χ0n) is 21.9. The van der Waals surface area contributed by atoms with Crippen molar-refractivity contribution in [2.75, 3.05) is 25.1 Å². The molecule has 0 bridgehead atoms. The van der Waals surface area contributed by atoms with E-state index < -0.39 is 0 Å². The minimum atomic E-state index is -0.351. The summed E-state index contributed by atoms with van der Waals surface area (Å²) in [4.78, 5) is 39.2. The fourth-order valence-corrected chi connectivity index (χ4v) is 5.30. The van der Waals surface area contributed by atoms with E-state index in [1.807, 2.05) is 43.3 Å². The van der Waals surface area contributed by atoms with Gasteiger partial charge in [-0.3, -0.25) is 19.3 Å². The number of carbonyl (C=O) groups is 3. The first-order valence-electron chi connectivity index (χ1n) is 12.5. The van der Waals surface area contributed by atoms with E-state index in [-0.39, 0.29) is 36.8 Å². The van der Waals surface area contributed by atoms with Crippen molar-refractivity contribution in [2.24, 2.45) is 0 Å². The number of halogens is 1. The Labute approximate surface area is 240 Å². The van der Waals surface area contributed by atoms with Crippen LogP contribution in [0.15, 0.2) is 76.1 Å². The summed E-state index contributed by atoms with van der Waals surface area (Å²) in [5.41, 5.74) is 3.58. The predicted octanol–water partition coefficient (Wildman–Crippen LogP) is 7.01. The van der Waals surface area contributed by atoms with Gasteiger partial charge >= 0.3 is 0 Å². The molecule has 0 spiro atoms. The molecular weight excluding hydrogens is 580 g/mol. The number of carbonyl (C=O) groups excluding carboxylic acids is 3. The van der Waals surface area contributed by atoms with E-state index in [1.165, 1.54) is 4.90 Å². The van der Waals surface area contributed by atoms with Crippen LogP contribution in [0.1, 0.15) is 36.5 Å². The molecular formula is C30H29BrN2O5S. The highest BCUT2D eigenvalue weighted by molar-refractivity contribution is 9.10. The van der Waals surface area contributed by atoms with Gasteiger partial charge in [-0.25, -0.2) is 0 Å². The molecule has 0 saturated carbocycles. The highest BCUT2D eigenvalue weighted by Gasteiger charge is 2.34. The number of imide groups is 1. The van der Waals surface area contributed by atoms with Gasteiger partial charge in [-0.15, -0.1) is 0 Å². The number of nitrogens with one attached hydrogen (secondary N) is 1. The molecule has 1 fully saturated rings. The molecule has 39 heavy (non-hydrogen) atoms. The zero-order valence-corrected chi connectivity index (χ0v) is 24.3. The second kappa shape index (κ2) is 13.0. The van der Waals surface area contributed by atoms with Gasteiger partial charge in [0.05, 0.1) is 15.9 Å². The Bertz CT molecular complexity index is 1410. The van der Waals surface area contributed by atoms with Crippen molar-refractivity contribution in [3.63, 3.8) is 0 Å². The maximum absolute atomic E-state index is 13.0. The predicted molar refractivity (Wildman–Crippen MR) is 158 cm³/mol. The molecule has 9 heteroatoms. The molecule has 4 rings (SSSR count). The summed E-state index contributed by atoms with van der Waals surface area (Å²) < 4.78 is 12.2. The molecule has 3 aromatic carbocycles. The van der Waals surface area contributed by atoms with Crippen molar-refractivity contribution in [3.05, 3.63) is 92.8 Å².